The summed E-state index contributed by atoms with van der Waals surface area (Å²) in [6.07, 6.45) is 0. The van der Waals surface area contributed by atoms with Gasteiger partial charge in [0.15, 0.2) is 0 Å². The molecule has 0 atom stereocenters. The maximum atomic E-state index is 7.11. The van der Waals surface area contributed by atoms with Gasteiger partial charge in [0.1, 0.15) is 11.5 Å². The molecule has 0 bridgehead atoms. The highest BCUT2D eigenvalue weighted by Crippen LogP contribution is 2.64. The molecule has 2 aliphatic heterocycles. The first-order valence-corrected chi connectivity index (χ1v) is 24.2. The number of hydrogen-bond acceptors (Lipinski definition) is 2. The molecule has 3 aliphatic rings. The Bertz CT molecular complexity index is 3220. The predicted octanol–water partition coefficient (Wildman–Crippen LogP) is 15.2. The molecule has 2 nitrogen and oxygen atoms in total. The largest absolute Gasteiger partial charge is 0.458 e. The lowest BCUT2D eigenvalue weighted by Gasteiger charge is -2.45. The van der Waals surface area contributed by atoms with E-state index < -0.39 is 5.41 Å². The number of hydrogen-bond donors (Lipinski definition) is 0. The first kappa shape index (κ1) is 41.1. The highest BCUT2D eigenvalue weighted by molar-refractivity contribution is 6.97. The van der Waals surface area contributed by atoms with E-state index in [1.54, 1.807) is 0 Å². The Labute approximate surface area is 396 Å². The zero-order chi connectivity index (χ0) is 45.6. The van der Waals surface area contributed by atoms with Gasteiger partial charge in [-0.05, 0) is 137 Å². The van der Waals surface area contributed by atoms with Gasteiger partial charge >= 0.3 is 0 Å². The second kappa shape index (κ2) is 15.9. The molecule has 0 saturated carbocycles. The minimum absolute atomic E-state index is 0.0163. The highest BCUT2D eigenvalue weighted by Gasteiger charge is 2.52. The van der Waals surface area contributed by atoms with Crippen molar-refractivity contribution in [2.45, 2.75) is 64.7 Å². The lowest BCUT2D eigenvalue weighted by atomic mass is 9.34. The Balaban J connectivity index is 1.14. The van der Waals surface area contributed by atoms with Gasteiger partial charge < -0.3 is 9.64 Å². The number of fused-ring (bicyclic) bond motifs is 11. The summed E-state index contributed by atoms with van der Waals surface area (Å²) >= 11 is 0. The van der Waals surface area contributed by atoms with Gasteiger partial charge in [0.05, 0.1) is 16.8 Å². The van der Waals surface area contributed by atoms with Crippen molar-refractivity contribution in [3.8, 4) is 44.9 Å². The van der Waals surface area contributed by atoms with Crippen LogP contribution in [0, 0.1) is 0 Å². The van der Waals surface area contributed by atoms with Crippen molar-refractivity contribution in [1.29, 1.82) is 0 Å². The second-order valence-corrected chi connectivity index (χ2v) is 19.7. The summed E-state index contributed by atoms with van der Waals surface area (Å²) in [4.78, 5) is 2.51. The quantitative estimate of drug-likeness (QED) is 0.148. The molecule has 0 N–H and O–H groups in total. The number of para-hydroxylation sites is 1. The average Bonchev–Trinajstić information content (AvgIpc) is 3.66. The molecule has 1 aliphatic carbocycles. The maximum Gasteiger partial charge on any atom is 0.251 e. The van der Waals surface area contributed by atoms with Crippen LogP contribution in [-0.2, 0) is 5.41 Å². The van der Waals surface area contributed by atoms with Crippen LogP contribution in [0.25, 0.3) is 33.4 Å². The van der Waals surface area contributed by atoms with Crippen LogP contribution >= 0.6 is 0 Å². The van der Waals surface area contributed by atoms with E-state index in [4.69, 9.17) is 4.74 Å². The normalized spacial score (nSPS) is 13.8. The SMILES string of the molecule is CC(C)c1cc(C(C)C)c(B2c3ccccc3Oc3cc(N4c5ccc(-c6ccccc6)cc5C5(c6ccccc6-c6ccccc65)c5cc(-c6ccccc6)ccc54)ccc32)c(C(C)C)c1. The predicted molar refractivity (Wildman–Crippen MR) is 283 cm³/mol. The summed E-state index contributed by atoms with van der Waals surface area (Å²) in [6, 6.07) is 75.0. The third kappa shape index (κ3) is 6.31. The number of anilines is 3. The lowest BCUT2D eigenvalue weighted by Crippen LogP contribution is -2.57. The van der Waals surface area contributed by atoms with Gasteiger partial charge in [-0.3, -0.25) is 0 Å². The minimum Gasteiger partial charge on any atom is -0.458 e. The third-order valence-corrected chi connectivity index (χ3v) is 14.9. The van der Waals surface area contributed by atoms with Crippen LogP contribution in [0.2, 0.25) is 0 Å². The van der Waals surface area contributed by atoms with Crippen molar-refractivity contribution < 1.29 is 4.74 Å². The van der Waals surface area contributed by atoms with E-state index >= 15 is 0 Å². The molecule has 0 aromatic heterocycles. The van der Waals surface area contributed by atoms with Crippen LogP contribution in [0.4, 0.5) is 17.1 Å². The summed E-state index contributed by atoms with van der Waals surface area (Å²) in [5.41, 5.74) is 23.4. The van der Waals surface area contributed by atoms with E-state index in [1.807, 2.05) is 0 Å². The zero-order valence-electron chi connectivity index (χ0n) is 39.2. The van der Waals surface area contributed by atoms with Crippen LogP contribution in [0.1, 0.15) is 98.2 Å². The molecular formula is C64H54BNO. The monoisotopic (exact) mass is 863 g/mol. The van der Waals surface area contributed by atoms with Crippen LogP contribution in [0.3, 0.4) is 0 Å². The molecule has 0 unspecified atom stereocenters. The Morgan fingerprint density at radius 1 is 0.403 bits per heavy atom. The fraction of sp³-hybridized carbons (Fsp3) is 0.156. The Morgan fingerprint density at radius 2 is 0.896 bits per heavy atom. The van der Waals surface area contributed by atoms with E-state index in [0.29, 0.717) is 17.8 Å². The number of ether oxygens (including phenoxy) is 1. The molecule has 324 valence electrons. The van der Waals surface area contributed by atoms with E-state index in [9.17, 15) is 0 Å². The van der Waals surface area contributed by atoms with E-state index in [2.05, 4.69) is 247 Å². The molecule has 0 saturated heterocycles. The topological polar surface area (TPSA) is 12.5 Å². The van der Waals surface area contributed by atoms with Gasteiger partial charge in [0.2, 0.25) is 0 Å². The molecule has 3 heteroatoms. The summed E-state index contributed by atoms with van der Waals surface area (Å²) in [7, 11) is 0. The minimum atomic E-state index is -0.596. The van der Waals surface area contributed by atoms with Crippen LogP contribution in [0.5, 0.6) is 11.5 Å². The molecular weight excluding hydrogens is 810 g/mol. The van der Waals surface area contributed by atoms with Gasteiger partial charge in [0, 0.05) is 11.8 Å². The molecule has 2 heterocycles. The number of nitrogens with zero attached hydrogens (tertiary/aromatic N) is 1. The van der Waals surface area contributed by atoms with Gasteiger partial charge in [-0.2, -0.15) is 0 Å². The van der Waals surface area contributed by atoms with Crippen LogP contribution < -0.4 is 26.0 Å². The van der Waals surface area contributed by atoms with Gasteiger partial charge in [-0.15, -0.1) is 0 Å². The van der Waals surface area contributed by atoms with Crippen molar-refractivity contribution in [3.63, 3.8) is 0 Å². The zero-order valence-corrected chi connectivity index (χ0v) is 39.2. The fourth-order valence-corrected chi connectivity index (χ4v) is 11.8. The summed E-state index contributed by atoms with van der Waals surface area (Å²) in [5, 5.41) is 0. The second-order valence-electron chi connectivity index (χ2n) is 19.7. The van der Waals surface area contributed by atoms with Gasteiger partial charge in [-0.1, -0.05) is 205 Å². The number of benzene rings is 9. The molecule has 9 aromatic rings. The molecule has 9 aromatic carbocycles. The van der Waals surface area contributed by atoms with Gasteiger partial charge in [0.25, 0.3) is 6.71 Å². The molecule has 0 amide bonds. The average molecular weight is 864 g/mol. The Morgan fingerprint density at radius 3 is 1.43 bits per heavy atom. The van der Waals surface area contributed by atoms with Gasteiger partial charge in [-0.25, -0.2) is 0 Å². The first-order chi connectivity index (χ1) is 32.7. The molecule has 1 spiro atoms. The Hall–Kier alpha value is -7.36. The molecule has 0 radical (unpaired) electrons. The summed E-state index contributed by atoms with van der Waals surface area (Å²) in [6.45, 7) is 14.1. The maximum absolute atomic E-state index is 7.11. The van der Waals surface area contributed by atoms with Crippen molar-refractivity contribution in [3.05, 3.63) is 239 Å². The summed E-state index contributed by atoms with van der Waals surface area (Å²) in [5.74, 6) is 2.97. The number of rotatable bonds is 7. The van der Waals surface area contributed by atoms with Crippen molar-refractivity contribution in [2.24, 2.45) is 0 Å². The van der Waals surface area contributed by atoms with E-state index in [-0.39, 0.29) is 6.71 Å². The Kier molecular flexibility index (Phi) is 9.77. The van der Waals surface area contributed by atoms with E-state index in [1.165, 1.54) is 88.7 Å². The lowest BCUT2D eigenvalue weighted by molar-refractivity contribution is 0.487. The van der Waals surface area contributed by atoms with Crippen molar-refractivity contribution in [2.75, 3.05) is 4.90 Å². The molecule has 12 rings (SSSR count). The summed E-state index contributed by atoms with van der Waals surface area (Å²) < 4.78 is 7.11. The molecule has 67 heavy (non-hydrogen) atoms. The fourth-order valence-electron chi connectivity index (χ4n) is 11.8. The van der Waals surface area contributed by atoms with Crippen molar-refractivity contribution >= 4 is 40.2 Å². The highest BCUT2D eigenvalue weighted by atomic mass is 16.5. The molecule has 0 fully saturated rings. The first-order valence-electron chi connectivity index (χ1n) is 24.2. The standard InChI is InChI=1S/C64H54BNO/c1-40(2)47-35-51(41(3)4)63(52(36-47)42(5)6)65-57-27-17-18-28-61(57)67-62-39-48(31-32-58(62)65)66-59-33-29-45(43-19-9-7-10-20-43)37-55(59)64(53-25-15-13-23-49(53)50-24-14-16-26-54(50)64)56-38-46(30-34-60(56)66)44-21-11-8-12-22-44/h7-42H,1-6H3. The van der Waals surface area contributed by atoms with Crippen LogP contribution in [-0.4, -0.2) is 6.71 Å². The van der Waals surface area contributed by atoms with Crippen LogP contribution in [0.15, 0.2) is 200 Å². The van der Waals surface area contributed by atoms with E-state index in [0.717, 1.165) is 28.6 Å². The van der Waals surface area contributed by atoms with Crippen molar-refractivity contribution in [1.82, 2.24) is 0 Å². The smallest absolute Gasteiger partial charge is 0.251 e. The third-order valence-electron chi connectivity index (χ3n) is 14.9.